The molecule has 0 aliphatic carbocycles. The second kappa shape index (κ2) is 6.90. The van der Waals surface area contributed by atoms with E-state index in [9.17, 15) is 35.9 Å². The number of alkyl halides is 6. The maximum absolute atomic E-state index is 12.9. The second-order valence-electron chi connectivity index (χ2n) is 4.86. The quantitative estimate of drug-likeness (QED) is 0.588. The van der Waals surface area contributed by atoms with Crippen LogP contribution in [0.5, 0.6) is 0 Å². The van der Waals surface area contributed by atoms with Crippen molar-refractivity contribution < 1.29 is 31.1 Å². The van der Waals surface area contributed by atoms with Gasteiger partial charge in [-0.2, -0.15) is 26.3 Å². The topological polar surface area (TPSA) is 86.0 Å². The monoisotopic (exact) mass is 400 g/mol. The van der Waals surface area contributed by atoms with Gasteiger partial charge in [-0.25, -0.2) is 4.79 Å². The minimum absolute atomic E-state index is 0.0194. The number of benzene rings is 1. The smallest absolute Gasteiger partial charge is 0.344 e. The fourth-order valence-electron chi connectivity index (χ4n) is 1.84. The summed E-state index contributed by atoms with van der Waals surface area (Å²) in [4.78, 5) is 23.0. The Kier molecular flexibility index (Phi) is 5.21. The van der Waals surface area contributed by atoms with Gasteiger partial charge in [0, 0.05) is 12.7 Å². The highest BCUT2D eigenvalue weighted by molar-refractivity contribution is 7.11. The number of urea groups is 1. The molecular formula is C13H10F6N4O2S. The van der Waals surface area contributed by atoms with E-state index in [4.69, 9.17) is 0 Å². The van der Waals surface area contributed by atoms with Crippen LogP contribution < -0.4 is 21.5 Å². The number of H-pyrrole nitrogens is 1. The molecule has 2 rings (SSSR count). The van der Waals surface area contributed by atoms with Crippen molar-refractivity contribution in [3.63, 3.8) is 0 Å². The predicted molar refractivity (Wildman–Crippen MR) is 82.7 cm³/mol. The molecule has 1 aromatic heterocycles. The van der Waals surface area contributed by atoms with Crippen molar-refractivity contribution in [3.8, 4) is 0 Å². The molecule has 13 heteroatoms. The number of halogens is 6. The first-order chi connectivity index (χ1) is 11.9. The third-order valence-electron chi connectivity index (χ3n) is 3.01. The summed E-state index contributed by atoms with van der Waals surface area (Å²) < 4.78 is 79.4. The summed E-state index contributed by atoms with van der Waals surface area (Å²) in [5.74, 6) is 0. The number of nitrogens with one attached hydrogen (secondary N) is 4. The molecule has 0 saturated carbocycles. The van der Waals surface area contributed by atoms with Gasteiger partial charge in [-0.1, -0.05) is 0 Å². The minimum atomic E-state index is -5.01. The molecule has 0 bridgehead atoms. The zero-order chi connectivity index (χ0) is 19.7. The Balaban J connectivity index is 2.47. The van der Waals surface area contributed by atoms with E-state index in [2.05, 4.69) is 20.3 Å². The Morgan fingerprint density at radius 2 is 1.58 bits per heavy atom. The van der Waals surface area contributed by atoms with Crippen LogP contribution in [0, 0.1) is 0 Å². The molecule has 0 unspecified atom stereocenters. The molecule has 0 spiro atoms. The molecule has 6 nitrogen and oxygen atoms in total. The van der Waals surface area contributed by atoms with E-state index in [1.807, 2.05) is 0 Å². The zero-order valence-electron chi connectivity index (χ0n) is 12.7. The molecule has 0 aliphatic heterocycles. The summed E-state index contributed by atoms with van der Waals surface area (Å²) in [5.41, 5.74) is -4.70. The van der Waals surface area contributed by atoms with Crippen molar-refractivity contribution in [2.24, 2.45) is 0 Å². The van der Waals surface area contributed by atoms with Gasteiger partial charge in [0.15, 0.2) is 0 Å². The maximum atomic E-state index is 12.9. The van der Waals surface area contributed by atoms with E-state index >= 15 is 0 Å². The normalized spacial score (nSPS) is 12.0. The molecule has 0 atom stereocenters. The molecule has 4 N–H and O–H groups in total. The maximum Gasteiger partial charge on any atom is 0.416 e. The van der Waals surface area contributed by atoms with Crippen molar-refractivity contribution in [2.45, 2.75) is 12.4 Å². The average Bonchev–Trinajstić information content (AvgIpc) is 2.86. The van der Waals surface area contributed by atoms with Crippen LogP contribution in [0.15, 0.2) is 23.0 Å². The highest BCUT2D eigenvalue weighted by atomic mass is 32.1. The van der Waals surface area contributed by atoms with E-state index in [1.54, 1.807) is 0 Å². The number of carbonyl (C=O) groups excluding carboxylic acids is 1. The SMILES string of the molecule is CNC(=O)Nc1c(Nc2cc(C(F)(F)F)cc(C(F)(F)F)c2)s[nH]c1=O. The second-order valence-corrected chi connectivity index (χ2v) is 5.68. The van der Waals surface area contributed by atoms with Gasteiger partial charge in [0.25, 0.3) is 5.56 Å². The molecule has 26 heavy (non-hydrogen) atoms. The Bertz CT molecular complexity index is 838. The van der Waals surface area contributed by atoms with Crippen molar-refractivity contribution >= 4 is 33.9 Å². The molecule has 0 radical (unpaired) electrons. The number of anilines is 3. The summed E-state index contributed by atoms with van der Waals surface area (Å²) in [6.07, 6.45) is -10.0. The van der Waals surface area contributed by atoms with Crippen LogP contribution in [-0.4, -0.2) is 17.5 Å². The molecule has 2 amide bonds. The van der Waals surface area contributed by atoms with Gasteiger partial charge in [-0.15, -0.1) is 0 Å². The van der Waals surface area contributed by atoms with Gasteiger partial charge in [-0.3, -0.25) is 9.17 Å². The van der Waals surface area contributed by atoms with Crippen LogP contribution in [0.25, 0.3) is 0 Å². The van der Waals surface area contributed by atoms with E-state index < -0.39 is 40.8 Å². The molecule has 2 aromatic rings. The van der Waals surface area contributed by atoms with Gasteiger partial charge < -0.3 is 16.0 Å². The van der Waals surface area contributed by atoms with E-state index in [0.29, 0.717) is 23.7 Å². The van der Waals surface area contributed by atoms with Crippen LogP contribution in [-0.2, 0) is 12.4 Å². The third kappa shape index (κ3) is 4.47. The predicted octanol–water partition coefficient (Wildman–Crippen LogP) is 3.97. The number of hydrogen-bond acceptors (Lipinski definition) is 4. The number of rotatable bonds is 3. The van der Waals surface area contributed by atoms with Crippen LogP contribution >= 0.6 is 11.5 Å². The Morgan fingerprint density at radius 1 is 1.04 bits per heavy atom. The summed E-state index contributed by atoms with van der Waals surface area (Å²) in [5, 5.41) is 6.42. The van der Waals surface area contributed by atoms with Gasteiger partial charge in [0.05, 0.1) is 11.1 Å². The zero-order valence-corrected chi connectivity index (χ0v) is 13.5. The van der Waals surface area contributed by atoms with Crippen LogP contribution in [0.1, 0.15) is 11.1 Å². The molecule has 0 aliphatic rings. The average molecular weight is 400 g/mol. The lowest BCUT2D eigenvalue weighted by Gasteiger charge is -2.15. The number of hydrogen-bond donors (Lipinski definition) is 4. The van der Waals surface area contributed by atoms with E-state index in [1.165, 1.54) is 7.05 Å². The molecule has 1 aromatic carbocycles. The number of aromatic amines is 1. The van der Waals surface area contributed by atoms with Crippen LogP contribution in [0.2, 0.25) is 0 Å². The summed E-state index contributed by atoms with van der Waals surface area (Å²) in [6, 6.07) is 0.109. The van der Waals surface area contributed by atoms with Crippen molar-refractivity contribution in [2.75, 3.05) is 17.7 Å². The summed E-state index contributed by atoms with van der Waals surface area (Å²) >= 11 is 0.597. The van der Waals surface area contributed by atoms with Gasteiger partial charge >= 0.3 is 18.4 Å². The fourth-order valence-corrected chi connectivity index (χ4v) is 2.55. The molecule has 1 heterocycles. The molecular weight excluding hydrogens is 390 g/mol. The highest BCUT2D eigenvalue weighted by Gasteiger charge is 2.37. The summed E-state index contributed by atoms with van der Waals surface area (Å²) in [6.45, 7) is 0. The fraction of sp³-hybridized carbons (Fsp3) is 0.231. The Morgan fingerprint density at radius 3 is 2.04 bits per heavy atom. The molecule has 0 saturated heterocycles. The number of amides is 2. The highest BCUT2D eigenvalue weighted by Crippen LogP contribution is 2.38. The van der Waals surface area contributed by atoms with Gasteiger partial charge in [-0.05, 0) is 29.7 Å². The standard InChI is InChI=1S/C13H10F6N4O2S/c1-20-11(25)22-8-9(24)23-26-10(8)21-7-3-5(12(14,15)16)2-6(4-7)13(17,18)19/h2-4,21H,1H3,(H,23,24)(H2,20,22,25). The molecule has 142 valence electrons. The van der Waals surface area contributed by atoms with E-state index in [0.717, 1.165) is 0 Å². The summed E-state index contributed by atoms with van der Waals surface area (Å²) in [7, 11) is 1.26. The third-order valence-corrected chi connectivity index (χ3v) is 3.81. The van der Waals surface area contributed by atoms with Crippen LogP contribution in [0.4, 0.5) is 47.5 Å². The minimum Gasteiger partial charge on any atom is -0.344 e. The van der Waals surface area contributed by atoms with Crippen molar-refractivity contribution in [1.29, 1.82) is 0 Å². The largest absolute Gasteiger partial charge is 0.416 e. The lowest BCUT2D eigenvalue weighted by Crippen LogP contribution is -2.27. The lowest BCUT2D eigenvalue weighted by molar-refractivity contribution is -0.143. The van der Waals surface area contributed by atoms with E-state index in [-0.39, 0.29) is 16.8 Å². The van der Waals surface area contributed by atoms with Crippen molar-refractivity contribution in [3.05, 3.63) is 39.7 Å². The van der Waals surface area contributed by atoms with Gasteiger partial charge in [0.2, 0.25) is 0 Å². The first kappa shape index (κ1) is 19.6. The Hall–Kier alpha value is -2.70. The lowest BCUT2D eigenvalue weighted by atomic mass is 10.1. The van der Waals surface area contributed by atoms with Crippen LogP contribution in [0.3, 0.4) is 0 Å². The number of aromatic nitrogens is 1. The first-order valence-corrected chi connectivity index (χ1v) is 7.50. The first-order valence-electron chi connectivity index (χ1n) is 6.68. The number of carbonyl (C=O) groups is 1. The van der Waals surface area contributed by atoms with Crippen molar-refractivity contribution in [1.82, 2.24) is 9.69 Å². The molecule has 0 fully saturated rings. The Labute approximate surface area is 145 Å². The van der Waals surface area contributed by atoms with Gasteiger partial charge in [0.1, 0.15) is 10.7 Å².